The highest BCUT2D eigenvalue weighted by Crippen LogP contribution is 2.01. The number of benzene rings is 1. The Hall–Kier alpha value is -1.35. The van der Waals surface area contributed by atoms with E-state index in [4.69, 9.17) is 0 Å². The van der Waals surface area contributed by atoms with E-state index in [1.165, 1.54) is 5.56 Å². The number of rotatable bonds is 9. The second-order valence-corrected chi connectivity index (χ2v) is 5.29. The molecule has 0 fully saturated rings. The van der Waals surface area contributed by atoms with Crippen LogP contribution in [0.4, 0.5) is 0 Å². The number of carbonyl (C=O) groups excluding carboxylic acids is 1. The Bertz CT molecular complexity index is 349. The lowest BCUT2D eigenvalue weighted by atomic mass is 10.1. The van der Waals surface area contributed by atoms with Crippen molar-refractivity contribution >= 4 is 5.91 Å². The minimum absolute atomic E-state index is 0.143. The van der Waals surface area contributed by atoms with E-state index >= 15 is 0 Å². The number of hydrogen-bond donors (Lipinski definition) is 2. The van der Waals surface area contributed by atoms with Crippen molar-refractivity contribution in [1.82, 2.24) is 10.6 Å². The summed E-state index contributed by atoms with van der Waals surface area (Å²) in [6.07, 6.45) is 2.58. The first kappa shape index (κ1) is 15.7. The Morgan fingerprint density at radius 1 is 1.16 bits per heavy atom. The van der Waals surface area contributed by atoms with Crippen molar-refractivity contribution < 1.29 is 4.79 Å². The van der Waals surface area contributed by atoms with E-state index in [2.05, 4.69) is 36.6 Å². The van der Waals surface area contributed by atoms with E-state index in [-0.39, 0.29) is 5.91 Å². The highest BCUT2D eigenvalue weighted by molar-refractivity contribution is 5.75. The summed E-state index contributed by atoms with van der Waals surface area (Å²) in [6, 6.07) is 10.4. The van der Waals surface area contributed by atoms with Crippen LogP contribution in [0.15, 0.2) is 30.3 Å². The molecular weight excluding hydrogens is 236 g/mol. The molecule has 1 amide bonds. The summed E-state index contributed by atoms with van der Waals surface area (Å²) in [4.78, 5) is 11.5. The lowest BCUT2D eigenvalue weighted by Gasteiger charge is -2.08. The molecule has 0 bridgehead atoms. The summed E-state index contributed by atoms with van der Waals surface area (Å²) < 4.78 is 0. The van der Waals surface area contributed by atoms with Gasteiger partial charge in [0.25, 0.3) is 0 Å². The van der Waals surface area contributed by atoms with Crippen molar-refractivity contribution in [2.45, 2.75) is 33.1 Å². The van der Waals surface area contributed by atoms with Gasteiger partial charge in [-0.2, -0.15) is 0 Å². The molecule has 1 rings (SSSR count). The van der Waals surface area contributed by atoms with Crippen LogP contribution < -0.4 is 10.6 Å². The van der Waals surface area contributed by atoms with Crippen LogP contribution in [-0.4, -0.2) is 25.5 Å². The molecular formula is C16H26N2O. The molecule has 0 atom stereocenters. The zero-order chi connectivity index (χ0) is 13.9. The maximum Gasteiger partial charge on any atom is 0.221 e. The predicted octanol–water partition coefficient (Wildman–Crippen LogP) is 2.37. The standard InChI is InChI=1S/C16H26N2O/c1-14(2)13-17-12-10-16(19)18-11-6-9-15-7-4-3-5-8-15/h3-5,7-8,14,17H,6,9-13H2,1-2H3,(H,18,19). The first-order valence-electron chi connectivity index (χ1n) is 7.20. The highest BCUT2D eigenvalue weighted by Gasteiger charge is 2.00. The van der Waals surface area contributed by atoms with Crippen LogP contribution in [0.25, 0.3) is 0 Å². The van der Waals surface area contributed by atoms with Crippen LogP contribution in [0, 0.1) is 5.92 Å². The molecule has 0 saturated heterocycles. The fourth-order valence-electron chi connectivity index (χ4n) is 1.85. The normalized spacial score (nSPS) is 10.7. The lowest BCUT2D eigenvalue weighted by molar-refractivity contribution is -0.121. The van der Waals surface area contributed by atoms with Gasteiger partial charge < -0.3 is 10.6 Å². The maximum atomic E-state index is 11.5. The fourth-order valence-corrected chi connectivity index (χ4v) is 1.85. The molecule has 0 aliphatic heterocycles. The fraction of sp³-hybridized carbons (Fsp3) is 0.562. The van der Waals surface area contributed by atoms with Gasteiger partial charge in [0.2, 0.25) is 5.91 Å². The van der Waals surface area contributed by atoms with Gasteiger partial charge in [0.1, 0.15) is 0 Å². The number of aryl methyl sites for hydroxylation is 1. The smallest absolute Gasteiger partial charge is 0.221 e. The van der Waals surface area contributed by atoms with Gasteiger partial charge in [0.05, 0.1) is 0 Å². The first-order valence-corrected chi connectivity index (χ1v) is 7.20. The molecule has 19 heavy (non-hydrogen) atoms. The Morgan fingerprint density at radius 2 is 1.89 bits per heavy atom. The third kappa shape index (κ3) is 8.38. The van der Waals surface area contributed by atoms with E-state index in [1.807, 2.05) is 18.2 Å². The average molecular weight is 262 g/mol. The molecule has 3 nitrogen and oxygen atoms in total. The summed E-state index contributed by atoms with van der Waals surface area (Å²) in [5.41, 5.74) is 1.33. The quantitative estimate of drug-likeness (QED) is 0.671. The molecule has 0 radical (unpaired) electrons. The van der Waals surface area contributed by atoms with Crippen molar-refractivity contribution in [2.24, 2.45) is 5.92 Å². The van der Waals surface area contributed by atoms with Crippen molar-refractivity contribution in [3.8, 4) is 0 Å². The molecule has 3 heteroatoms. The average Bonchev–Trinajstić information content (AvgIpc) is 2.41. The van der Waals surface area contributed by atoms with Gasteiger partial charge in [0, 0.05) is 19.5 Å². The van der Waals surface area contributed by atoms with Crippen LogP contribution in [0.1, 0.15) is 32.3 Å². The second-order valence-electron chi connectivity index (χ2n) is 5.29. The minimum Gasteiger partial charge on any atom is -0.356 e. The van der Waals surface area contributed by atoms with Crippen LogP contribution in [-0.2, 0) is 11.2 Å². The highest BCUT2D eigenvalue weighted by atomic mass is 16.1. The third-order valence-corrected chi connectivity index (χ3v) is 2.89. The number of nitrogens with one attached hydrogen (secondary N) is 2. The van der Waals surface area contributed by atoms with E-state index in [0.717, 1.165) is 32.5 Å². The zero-order valence-electron chi connectivity index (χ0n) is 12.1. The number of carbonyl (C=O) groups is 1. The second kappa shape index (κ2) is 9.56. The minimum atomic E-state index is 0.143. The van der Waals surface area contributed by atoms with Gasteiger partial charge in [-0.3, -0.25) is 4.79 Å². The Morgan fingerprint density at radius 3 is 2.58 bits per heavy atom. The van der Waals surface area contributed by atoms with E-state index in [1.54, 1.807) is 0 Å². The van der Waals surface area contributed by atoms with Gasteiger partial charge in [0.15, 0.2) is 0 Å². The molecule has 1 aromatic rings. The molecule has 0 aromatic heterocycles. The van der Waals surface area contributed by atoms with Crippen molar-refractivity contribution in [3.63, 3.8) is 0 Å². The van der Waals surface area contributed by atoms with Crippen LogP contribution in [0.2, 0.25) is 0 Å². The Balaban J connectivity index is 1.98. The SMILES string of the molecule is CC(C)CNCCC(=O)NCCCc1ccccc1. The molecule has 1 aromatic carbocycles. The summed E-state index contributed by atoms with van der Waals surface area (Å²) in [5, 5.41) is 6.23. The van der Waals surface area contributed by atoms with Crippen LogP contribution in [0.3, 0.4) is 0 Å². The summed E-state index contributed by atoms with van der Waals surface area (Å²) >= 11 is 0. The lowest BCUT2D eigenvalue weighted by Crippen LogP contribution is -2.29. The molecule has 2 N–H and O–H groups in total. The van der Waals surface area contributed by atoms with Crippen LogP contribution in [0.5, 0.6) is 0 Å². The Labute approximate surface area is 116 Å². The monoisotopic (exact) mass is 262 g/mol. The summed E-state index contributed by atoms with van der Waals surface area (Å²) in [6.45, 7) is 6.83. The molecule has 0 spiro atoms. The topological polar surface area (TPSA) is 41.1 Å². The predicted molar refractivity (Wildman–Crippen MR) is 80.1 cm³/mol. The maximum absolute atomic E-state index is 11.5. The molecule has 106 valence electrons. The van der Waals surface area contributed by atoms with E-state index in [9.17, 15) is 4.79 Å². The van der Waals surface area contributed by atoms with E-state index in [0.29, 0.717) is 12.3 Å². The third-order valence-electron chi connectivity index (χ3n) is 2.89. The van der Waals surface area contributed by atoms with Gasteiger partial charge >= 0.3 is 0 Å². The first-order chi connectivity index (χ1) is 9.18. The van der Waals surface area contributed by atoms with Crippen LogP contribution >= 0.6 is 0 Å². The molecule has 0 aliphatic carbocycles. The van der Waals surface area contributed by atoms with Gasteiger partial charge in [-0.05, 0) is 30.9 Å². The molecule has 0 heterocycles. The summed E-state index contributed by atoms with van der Waals surface area (Å²) in [7, 11) is 0. The van der Waals surface area contributed by atoms with Crippen molar-refractivity contribution in [1.29, 1.82) is 0 Å². The number of hydrogen-bond acceptors (Lipinski definition) is 2. The zero-order valence-corrected chi connectivity index (χ0v) is 12.1. The van der Waals surface area contributed by atoms with Gasteiger partial charge in [-0.25, -0.2) is 0 Å². The molecule has 0 saturated carbocycles. The van der Waals surface area contributed by atoms with Crippen molar-refractivity contribution in [2.75, 3.05) is 19.6 Å². The summed E-state index contributed by atoms with van der Waals surface area (Å²) in [5.74, 6) is 0.776. The number of amides is 1. The molecule has 0 unspecified atom stereocenters. The van der Waals surface area contributed by atoms with Gasteiger partial charge in [-0.1, -0.05) is 44.2 Å². The largest absolute Gasteiger partial charge is 0.356 e. The molecule has 0 aliphatic rings. The van der Waals surface area contributed by atoms with Gasteiger partial charge in [-0.15, -0.1) is 0 Å². The Kier molecular flexibility index (Phi) is 7.91. The van der Waals surface area contributed by atoms with E-state index < -0.39 is 0 Å². The van der Waals surface area contributed by atoms with Crippen molar-refractivity contribution in [3.05, 3.63) is 35.9 Å².